The van der Waals surface area contributed by atoms with Crippen LogP contribution in [-0.2, 0) is 0 Å². The molecule has 1 N–H and O–H groups in total. The fraction of sp³-hybridized carbons (Fsp3) is 0. The van der Waals surface area contributed by atoms with Crippen LogP contribution in [0.15, 0.2) is 52.9 Å². The molecule has 0 aliphatic heterocycles. The number of halogens is 1. The minimum atomic E-state index is -0.992. The number of carboxylic acids is 1. The molecule has 1 heterocycles. The van der Waals surface area contributed by atoms with Crippen LogP contribution in [0.3, 0.4) is 0 Å². The molecule has 3 aromatic rings. The highest BCUT2D eigenvalue weighted by Gasteiger charge is 2.12. The third kappa shape index (κ3) is 2.09. The van der Waals surface area contributed by atoms with E-state index in [-0.39, 0.29) is 5.56 Å². The summed E-state index contributed by atoms with van der Waals surface area (Å²) < 4.78 is 5.69. The Bertz CT molecular complexity index is 741. The first kappa shape index (κ1) is 11.8. The largest absolute Gasteiger partial charge is 0.478 e. The van der Waals surface area contributed by atoms with Gasteiger partial charge in [-0.25, -0.2) is 4.79 Å². The van der Waals surface area contributed by atoms with Gasteiger partial charge in [0.25, 0.3) is 0 Å². The molecule has 4 heteroatoms. The lowest BCUT2D eigenvalue weighted by Gasteiger charge is -2.02. The molecule has 19 heavy (non-hydrogen) atoms. The lowest BCUT2D eigenvalue weighted by Crippen LogP contribution is -1.96. The van der Waals surface area contributed by atoms with Gasteiger partial charge in [0.1, 0.15) is 11.3 Å². The third-order valence-electron chi connectivity index (χ3n) is 2.90. The van der Waals surface area contributed by atoms with Crippen molar-refractivity contribution < 1.29 is 14.3 Å². The predicted octanol–water partition coefficient (Wildman–Crippen LogP) is 4.45. The van der Waals surface area contributed by atoms with Crippen molar-refractivity contribution in [2.75, 3.05) is 0 Å². The average Bonchev–Trinajstić information content (AvgIpc) is 2.82. The number of carbonyl (C=O) groups is 1. The monoisotopic (exact) mass is 272 g/mol. The van der Waals surface area contributed by atoms with Crippen molar-refractivity contribution in [1.82, 2.24) is 0 Å². The summed E-state index contributed by atoms with van der Waals surface area (Å²) in [6.45, 7) is 0. The molecule has 3 nitrogen and oxygen atoms in total. The summed E-state index contributed by atoms with van der Waals surface area (Å²) in [5.41, 5.74) is 1.51. The van der Waals surface area contributed by atoms with Gasteiger partial charge in [0, 0.05) is 10.9 Å². The Balaban J connectivity index is 2.20. The molecule has 1 aromatic heterocycles. The fourth-order valence-electron chi connectivity index (χ4n) is 1.96. The smallest absolute Gasteiger partial charge is 0.335 e. The first-order valence-corrected chi connectivity index (χ1v) is 6.05. The molecule has 0 radical (unpaired) electrons. The second-order valence-electron chi connectivity index (χ2n) is 4.15. The summed E-state index contributed by atoms with van der Waals surface area (Å²) >= 11 is 6.11. The third-order valence-corrected chi connectivity index (χ3v) is 3.23. The maximum Gasteiger partial charge on any atom is 0.335 e. The Hall–Kier alpha value is -2.26. The number of aromatic carboxylic acids is 1. The molecule has 94 valence electrons. The van der Waals surface area contributed by atoms with E-state index in [1.807, 2.05) is 30.3 Å². The van der Waals surface area contributed by atoms with Crippen LogP contribution in [0.5, 0.6) is 0 Å². The summed E-state index contributed by atoms with van der Waals surface area (Å²) in [7, 11) is 0. The molecule has 0 fully saturated rings. The highest BCUT2D eigenvalue weighted by atomic mass is 35.5. The summed E-state index contributed by atoms with van der Waals surface area (Å²) in [6, 6.07) is 14.0. The summed E-state index contributed by atoms with van der Waals surface area (Å²) in [6.07, 6.45) is 0. The second kappa shape index (κ2) is 4.44. The molecule has 2 aromatic carbocycles. The van der Waals surface area contributed by atoms with E-state index in [9.17, 15) is 4.79 Å². The number of rotatable bonds is 2. The summed E-state index contributed by atoms with van der Waals surface area (Å²) in [4.78, 5) is 11.0. The molecule has 0 atom stereocenters. The molecule has 0 aliphatic rings. The standard InChI is InChI=1S/C15H9ClO3/c16-12-6-5-10(15(17)18)7-11(12)14-8-9-3-1-2-4-13(9)19-14/h1-8H,(H,17,18). The molecule has 0 amide bonds. The van der Waals surface area contributed by atoms with Gasteiger partial charge in [-0.1, -0.05) is 29.8 Å². The van der Waals surface area contributed by atoms with Crippen LogP contribution >= 0.6 is 11.6 Å². The second-order valence-corrected chi connectivity index (χ2v) is 4.56. The quantitative estimate of drug-likeness (QED) is 0.750. The lowest BCUT2D eigenvalue weighted by molar-refractivity contribution is 0.0697. The van der Waals surface area contributed by atoms with E-state index in [4.69, 9.17) is 21.1 Å². The van der Waals surface area contributed by atoms with Gasteiger partial charge in [-0.05, 0) is 30.3 Å². The van der Waals surface area contributed by atoms with E-state index in [2.05, 4.69) is 0 Å². The van der Waals surface area contributed by atoms with Gasteiger partial charge < -0.3 is 9.52 Å². The SMILES string of the molecule is O=C(O)c1ccc(Cl)c(-c2cc3ccccc3o2)c1. The predicted molar refractivity (Wildman–Crippen MR) is 73.6 cm³/mol. The van der Waals surface area contributed by atoms with Crippen LogP contribution < -0.4 is 0 Å². The Labute approximate surface area is 114 Å². The molecule has 0 unspecified atom stereocenters. The van der Waals surface area contributed by atoms with Gasteiger partial charge in [-0.2, -0.15) is 0 Å². The van der Waals surface area contributed by atoms with Crippen molar-refractivity contribution in [1.29, 1.82) is 0 Å². The molecule has 0 saturated carbocycles. The van der Waals surface area contributed by atoms with Crippen LogP contribution in [0, 0.1) is 0 Å². The molecule has 3 rings (SSSR count). The topological polar surface area (TPSA) is 50.4 Å². The minimum Gasteiger partial charge on any atom is -0.478 e. The summed E-state index contributed by atoms with van der Waals surface area (Å²) in [5.74, 6) is -0.427. The highest BCUT2D eigenvalue weighted by Crippen LogP contribution is 2.33. The van der Waals surface area contributed by atoms with Gasteiger partial charge in [0.05, 0.1) is 10.6 Å². The zero-order chi connectivity index (χ0) is 13.4. The number of fused-ring (bicyclic) bond motifs is 1. The molecule has 0 aliphatic carbocycles. The van der Waals surface area contributed by atoms with E-state index in [1.54, 1.807) is 6.07 Å². The van der Waals surface area contributed by atoms with Crippen LogP contribution in [-0.4, -0.2) is 11.1 Å². The zero-order valence-corrected chi connectivity index (χ0v) is 10.5. The summed E-state index contributed by atoms with van der Waals surface area (Å²) in [5, 5.41) is 10.4. The minimum absolute atomic E-state index is 0.180. The average molecular weight is 273 g/mol. The number of carboxylic acid groups (broad SMARTS) is 1. The normalized spacial score (nSPS) is 10.8. The van der Waals surface area contributed by atoms with E-state index >= 15 is 0 Å². The van der Waals surface area contributed by atoms with Gasteiger partial charge in [0.2, 0.25) is 0 Å². The van der Waals surface area contributed by atoms with Crippen molar-refractivity contribution >= 4 is 28.5 Å². The van der Waals surface area contributed by atoms with Crippen LogP contribution in [0.25, 0.3) is 22.3 Å². The maximum atomic E-state index is 11.0. The van der Waals surface area contributed by atoms with Gasteiger partial charge >= 0.3 is 5.97 Å². The molecular weight excluding hydrogens is 264 g/mol. The molecule has 0 spiro atoms. The van der Waals surface area contributed by atoms with E-state index in [0.717, 1.165) is 11.0 Å². The van der Waals surface area contributed by atoms with Crippen molar-refractivity contribution in [3.63, 3.8) is 0 Å². The lowest BCUT2D eigenvalue weighted by atomic mass is 10.1. The Morgan fingerprint density at radius 2 is 1.89 bits per heavy atom. The maximum absolute atomic E-state index is 11.0. The van der Waals surface area contributed by atoms with Gasteiger partial charge in [0.15, 0.2) is 0 Å². The van der Waals surface area contributed by atoms with Gasteiger partial charge in [-0.3, -0.25) is 0 Å². The number of benzene rings is 2. The Morgan fingerprint density at radius 3 is 2.63 bits per heavy atom. The molecular formula is C15H9ClO3. The van der Waals surface area contributed by atoms with Crippen molar-refractivity contribution in [2.45, 2.75) is 0 Å². The molecule has 0 saturated heterocycles. The first-order valence-electron chi connectivity index (χ1n) is 5.67. The number of para-hydroxylation sites is 1. The number of hydrogen-bond donors (Lipinski definition) is 1. The van der Waals surface area contributed by atoms with E-state index in [0.29, 0.717) is 16.3 Å². The number of hydrogen-bond acceptors (Lipinski definition) is 2. The first-order chi connectivity index (χ1) is 9.15. The molecule has 0 bridgehead atoms. The van der Waals surface area contributed by atoms with Crippen LogP contribution in [0.4, 0.5) is 0 Å². The van der Waals surface area contributed by atoms with Crippen molar-refractivity contribution in [3.8, 4) is 11.3 Å². The highest BCUT2D eigenvalue weighted by molar-refractivity contribution is 6.33. The fourth-order valence-corrected chi connectivity index (χ4v) is 2.17. The van der Waals surface area contributed by atoms with Gasteiger partial charge in [-0.15, -0.1) is 0 Å². The Kier molecular flexibility index (Phi) is 2.76. The van der Waals surface area contributed by atoms with E-state index < -0.39 is 5.97 Å². The van der Waals surface area contributed by atoms with Crippen LogP contribution in [0.2, 0.25) is 5.02 Å². The Morgan fingerprint density at radius 1 is 1.11 bits per heavy atom. The van der Waals surface area contributed by atoms with Crippen LogP contribution in [0.1, 0.15) is 10.4 Å². The van der Waals surface area contributed by atoms with Crippen molar-refractivity contribution in [2.24, 2.45) is 0 Å². The van der Waals surface area contributed by atoms with E-state index in [1.165, 1.54) is 12.1 Å². The number of furan rings is 1. The van der Waals surface area contributed by atoms with Crippen molar-refractivity contribution in [3.05, 3.63) is 59.1 Å². The zero-order valence-electron chi connectivity index (χ0n) is 9.76.